The van der Waals surface area contributed by atoms with Gasteiger partial charge in [0.15, 0.2) is 0 Å². The van der Waals surface area contributed by atoms with E-state index in [0.717, 1.165) is 33.6 Å². The molecular formula is C20H23N3O2S. The Hall–Kier alpha value is -2.34. The van der Waals surface area contributed by atoms with E-state index in [1.165, 1.54) is 22.7 Å². The van der Waals surface area contributed by atoms with E-state index in [-0.39, 0.29) is 11.2 Å². The first-order valence-electron chi connectivity index (χ1n) is 8.70. The second-order valence-electron chi connectivity index (χ2n) is 6.54. The third-order valence-corrected chi connectivity index (χ3v) is 5.71. The van der Waals surface area contributed by atoms with Gasteiger partial charge in [0, 0.05) is 30.9 Å². The van der Waals surface area contributed by atoms with E-state index in [4.69, 9.17) is 0 Å². The number of benzene rings is 1. The van der Waals surface area contributed by atoms with Gasteiger partial charge < -0.3 is 0 Å². The van der Waals surface area contributed by atoms with Crippen molar-refractivity contribution in [3.8, 4) is 0 Å². The fourth-order valence-corrected chi connectivity index (χ4v) is 4.26. The topological polar surface area (TPSA) is 56.9 Å². The molecule has 3 rings (SSSR count). The van der Waals surface area contributed by atoms with Gasteiger partial charge in [0.2, 0.25) is 0 Å². The normalized spacial score (nSPS) is 11.2. The van der Waals surface area contributed by atoms with Crippen LogP contribution in [0.3, 0.4) is 0 Å². The van der Waals surface area contributed by atoms with Crippen LogP contribution in [-0.4, -0.2) is 14.1 Å². The lowest BCUT2D eigenvalue weighted by atomic mass is 10.1. The molecule has 0 fully saturated rings. The highest BCUT2D eigenvalue weighted by Gasteiger charge is 2.17. The van der Waals surface area contributed by atoms with Crippen LogP contribution in [0, 0.1) is 6.92 Å². The van der Waals surface area contributed by atoms with E-state index in [1.807, 2.05) is 12.3 Å². The first kappa shape index (κ1) is 18.5. The average Bonchev–Trinajstić information content (AvgIpc) is 2.63. The maximum atomic E-state index is 12.8. The quantitative estimate of drug-likeness (QED) is 0.648. The molecule has 0 bridgehead atoms. The molecule has 0 aliphatic rings. The van der Waals surface area contributed by atoms with Gasteiger partial charge in [-0.15, -0.1) is 11.8 Å². The molecule has 2 aromatic heterocycles. The van der Waals surface area contributed by atoms with Gasteiger partial charge in [-0.1, -0.05) is 43.2 Å². The summed E-state index contributed by atoms with van der Waals surface area (Å²) in [6.07, 6.45) is 3.63. The SMILES string of the molecule is CCCc1cnc2c(c1SCc1cccc(C)c1)c(=O)n(C)c(=O)n2C. The highest BCUT2D eigenvalue weighted by molar-refractivity contribution is 7.98. The van der Waals surface area contributed by atoms with E-state index in [1.54, 1.807) is 18.8 Å². The van der Waals surface area contributed by atoms with Crippen molar-refractivity contribution in [3.05, 3.63) is 68.0 Å². The summed E-state index contributed by atoms with van der Waals surface area (Å²) in [7, 11) is 3.18. The van der Waals surface area contributed by atoms with Crippen LogP contribution in [0.1, 0.15) is 30.0 Å². The Morgan fingerprint density at radius 2 is 1.92 bits per heavy atom. The molecule has 0 radical (unpaired) electrons. The molecule has 6 heteroatoms. The second-order valence-corrected chi connectivity index (χ2v) is 7.53. The van der Waals surface area contributed by atoms with E-state index in [0.29, 0.717) is 11.0 Å². The summed E-state index contributed by atoms with van der Waals surface area (Å²) in [4.78, 5) is 30.4. The molecule has 0 saturated heterocycles. The van der Waals surface area contributed by atoms with E-state index < -0.39 is 0 Å². The lowest BCUT2D eigenvalue weighted by Crippen LogP contribution is -2.37. The van der Waals surface area contributed by atoms with Crippen LogP contribution in [0.15, 0.2) is 44.9 Å². The molecule has 2 heterocycles. The highest BCUT2D eigenvalue weighted by Crippen LogP contribution is 2.31. The van der Waals surface area contributed by atoms with Crippen molar-refractivity contribution in [2.75, 3.05) is 0 Å². The standard InChI is InChI=1S/C20H23N3O2S/c1-5-7-15-11-21-18-16(19(24)23(4)20(25)22(18)3)17(15)26-12-14-9-6-8-13(2)10-14/h6,8-11H,5,7,12H2,1-4H3. The van der Waals surface area contributed by atoms with Crippen molar-refractivity contribution < 1.29 is 0 Å². The van der Waals surface area contributed by atoms with Crippen LogP contribution in [0.5, 0.6) is 0 Å². The zero-order valence-electron chi connectivity index (χ0n) is 15.6. The Bertz CT molecular complexity index is 1080. The lowest BCUT2D eigenvalue weighted by Gasteiger charge is -2.14. The largest absolute Gasteiger partial charge is 0.332 e. The molecule has 0 atom stereocenters. The number of aryl methyl sites for hydroxylation is 3. The van der Waals surface area contributed by atoms with Gasteiger partial charge >= 0.3 is 5.69 Å². The van der Waals surface area contributed by atoms with Crippen molar-refractivity contribution in [2.45, 2.75) is 37.3 Å². The molecule has 0 aliphatic carbocycles. The number of rotatable bonds is 5. The Morgan fingerprint density at radius 3 is 2.62 bits per heavy atom. The molecule has 0 spiro atoms. The van der Waals surface area contributed by atoms with Crippen LogP contribution in [0.2, 0.25) is 0 Å². The third kappa shape index (κ3) is 3.33. The van der Waals surface area contributed by atoms with Crippen molar-refractivity contribution >= 4 is 22.8 Å². The number of aromatic nitrogens is 3. The molecule has 0 aliphatic heterocycles. The minimum atomic E-state index is -0.354. The molecule has 1 aromatic carbocycles. The van der Waals surface area contributed by atoms with Crippen LogP contribution < -0.4 is 11.2 Å². The predicted molar refractivity (Wildman–Crippen MR) is 107 cm³/mol. The second kappa shape index (κ2) is 7.50. The summed E-state index contributed by atoms with van der Waals surface area (Å²) in [6, 6.07) is 8.37. The van der Waals surface area contributed by atoms with Gasteiger partial charge in [0.25, 0.3) is 5.56 Å². The lowest BCUT2D eigenvalue weighted by molar-refractivity contribution is 0.704. The van der Waals surface area contributed by atoms with E-state index in [2.05, 4.69) is 37.0 Å². The molecule has 0 N–H and O–H groups in total. The van der Waals surface area contributed by atoms with Crippen molar-refractivity contribution in [1.82, 2.24) is 14.1 Å². The Kier molecular flexibility index (Phi) is 5.32. The van der Waals surface area contributed by atoms with Crippen molar-refractivity contribution in [1.29, 1.82) is 0 Å². The molecule has 3 aromatic rings. The summed E-state index contributed by atoms with van der Waals surface area (Å²) in [5.41, 5.74) is 3.31. The average molecular weight is 369 g/mol. The first-order chi connectivity index (χ1) is 12.4. The predicted octanol–water partition coefficient (Wildman–Crippen LogP) is 3.19. The number of fused-ring (bicyclic) bond motifs is 1. The maximum Gasteiger partial charge on any atom is 0.332 e. The van der Waals surface area contributed by atoms with Crippen LogP contribution in [0.25, 0.3) is 11.0 Å². The van der Waals surface area contributed by atoms with Gasteiger partial charge in [0.05, 0.1) is 5.39 Å². The zero-order chi connectivity index (χ0) is 18.8. The number of thioether (sulfide) groups is 1. The molecule has 0 unspecified atom stereocenters. The van der Waals surface area contributed by atoms with Crippen LogP contribution in [-0.2, 0) is 26.3 Å². The summed E-state index contributed by atoms with van der Waals surface area (Å²) < 4.78 is 2.61. The van der Waals surface area contributed by atoms with E-state index >= 15 is 0 Å². The highest BCUT2D eigenvalue weighted by atomic mass is 32.2. The van der Waals surface area contributed by atoms with Gasteiger partial charge in [-0.05, 0) is 24.5 Å². The minimum Gasteiger partial charge on any atom is -0.280 e. The molecular weight excluding hydrogens is 346 g/mol. The maximum absolute atomic E-state index is 12.8. The number of nitrogens with zero attached hydrogens (tertiary/aromatic N) is 3. The Balaban J connectivity index is 2.18. The molecule has 0 saturated carbocycles. The number of hydrogen-bond donors (Lipinski definition) is 0. The van der Waals surface area contributed by atoms with Gasteiger partial charge in [-0.2, -0.15) is 0 Å². The number of pyridine rings is 1. The van der Waals surface area contributed by atoms with Crippen molar-refractivity contribution in [2.24, 2.45) is 14.1 Å². The van der Waals surface area contributed by atoms with Crippen molar-refractivity contribution in [3.63, 3.8) is 0 Å². The summed E-state index contributed by atoms with van der Waals surface area (Å²) in [5.74, 6) is 0.767. The Morgan fingerprint density at radius 1 is 1.15 bits per heavy atom. The third-order valence-electron chi connectivity index (χ3n) is 4.48. The summed E-state index contributed by atoms with van der Waals surface area (Å²) >= 11 is 1.65. The molecule has 136 valence electrons. The number of hydrogen-bond acceptors (Lipinski definition) is 4. The zero-order valence-corrected chi connectivity index (χ0v) is 16.4. The summed E-state index contributed by atoms with van der Waals surface area (Å²) in [6.45, 7) is 4.18. The smallest absolute Gasteiger partial charge is 0.280 e. The Labute approximate surface area is 156 Å². The molecule has 26 heavy (non-hydrogen) atoms. The monoisotopic (exact) mass is 369 g/mol. The fraction of sp³-hybridized carbons (Fsp3) is 0.350. The van der Waals surface area contributed by atoms with E-state index in [9.17, 15) is 9.59 Å². The molecule has 0 amide bonds. The summed E-state index contributed by atoms with van der Waals surface area (Å²) in [5, 5.41) is 0.540. The van der Waals surface area contributed by atoms with Gasteiger partial charge in [-0.25, -0.2) is 9.78 Å². The van der Waals surface area contributed by atoms with Crippen LogP contribution in [0.4, 0.5) is 0 Å². The van der Waals surface area contributed by atoms with Gasteiger partial charge in [0.1, 0.15) is 5.65 Å². The van der Waals surface area contributed by atoms with Crippen LogP contribution >= 0.6 is 11.8 Å². The molecule has 5 nitrogen and oxygen atoms in total. The fourth-order valence-electron chi connectivity index (χ4n) is 3.11. The van der Waals surface area contributed by atoms with Gasteiger partial charge in [-0.3, -0.25) is 13.9 Å². The minimum absolute atomic E-state index is 0.278. The first-order valence-corrected chi connectivity index (χ1v) is 9.68.